The molecule has 2 rings (SSSR count). The van der Waals surface area contributed by atoms with Gasteiger partial charge >= 0.3 is 0 Å². The molecule has 0 saturated heterocycles. The zero-order valence-corrected chi connectivity index (χ0v) is 11.7. The maximum absolute atomic E-state index is 6.00. The highest BCUT2D eigenvalue weighted by Crippen LogP contribution is 2.47. The Labute approximate surface area is 108 Å². The molecule has 0 unspecified atom stereocenters. The summed E-state index contributed by atoms with van der Waals surface area (Å²) in [4.78, 5) is 1.36. The van der Waals surface area contributed by atoms with Gasteiger partial charge in [0.15, 0.2) is 0 Å². The lowest BCUT2D eigenvalue weighted by molar-refractivity contribution is 0.247. The van der Waals surface area contributed by atoms with Crippen molar-refractivity contribution in [3.8, 4) is 5.75 Å². The third-order valence-corrected chi connectivity index (χ3v) is 4.77. The van der Waals surface area contributed by atoms with E-state index in [2.05, 4.69) is 25.3 Å². The van der Waals surface area contributed by atoms with Crippen molar-refractivity contribution in [3.05, 3.63) is 23.3 Å². The minimum Gasteiger partial charge on any atom is -0.496 e. The van der Waals surface area contributed by atoms with Crippen LogP contribution in [-0.2, 0) is 5.41 Å². The van der Waals surface area contributed by atoms with Crippen LogP contribution in [0.2, 0.25) is 0 Å². The van der Waals surface area contributed by atoms with Gasteiger partial charge in [-0.1, -0.05) is 6.42 Å². The maximum atomic E-state index is 6.00. The first kappa shape index (κ1) is 12.8. The second kappa shape index (κ2) is 4.91. The summed E-state index contributed by atoms with van der Waals surface area (Å²) >= 11 is 1.81. The van der Waals surface area contributed by atoms with Crippen molar-refractivity contribution in [2.24, 2.45) is 5.73 Å². The van der Waals surface area contributed by atoms with Gasteiger partial charge in [-0.05, 0) is 49.3 Å². The largest absolute Gasteiger partial charge is 0.496 e. The molecule has 17 heavy (non-hydrogen) atoms. The predicted molar refractivity (Wildman–Crippen MR) is 74.1 cm³/mol. The summed E-state index contributed by atoms with van der Waals surface area (Å²) in [6, 6.07) is 4.43. The molecule has 0 amide bonds. The molecule has 1 aromatic carbocycles. The molecule has 2 nitrogen and oxygen atoms in total. The lowest BCUT2D eigenvalue weighted by Gasteiger charge is -2.42. The number of nitrogens with two attached hydrogens (primary N) is 1. The summed E-state index contributed by atoms with van der Waals surface area (Å²) in [7, 11) is 1.74. The number of rotatable bonds is 4. The summed E-state index contributed by atoms with van der Waals surface area (Å²) in [5.74, 6) is 0.984. The van der Waals surface area contributed by atoms with Crippen LogP contribution in [0.5, 0.6) is 5.75 Å². The van der Waals surface area contributed by atoms with E-state index >= 15 is 0 Å². The van der Waals surface area contributed by atoms with E-state index in [-0.39, 0.29) is 5.41 Å². The molecule has 0 bridgehead atoms. The van der Waals surface area contributed by atoms with Crippen LogP contribution in [0.25, 0.3) is 0 Å². The average Bonchev–Trinajstić information content (AvgIpc) is 2.29. The topological polar surface area (TPSA) is 35.2 Å². The highest BCUT2D eigenvalue weighted by molar-refractivity contribution is 7.98. The van der Waals surface area contributed by atoms with Gasteiger partial charge in [0.25, 0.3) is 0 Å². The van der Waals surface area contributed by atoms with Gasteiger partial charge < -0.3 is 10.5 Å². The van der Waals surface area contributed by atoms with Crippen molar-refractivity contribution < 1.29 is 4.74 Å². The molecule has 0 atom stereocenters. The number of benzene rings is 1. The van der Waals surface area contributed by atoms with Crippen LogP contribution in [0, 0.1) is 6.92 Å². The van der Waals surface area contributed by atoms with Crippen molar-refractivity contribution in [2.75, 3.05) is 19.9 Å². The number of hydrogen-bond acceptors (Lipinski definition) is 3. The summed E-state index contributed by atoms with van der Waals surface area (Å²) < 4.78 is 5.44. The van der Waals surface area contributed by atoms with E-state index in [4.69, 9.17) is 10.5 Å². The molecule has 0 spiro atoms. The Morgan fingerprint density at radius 2 is 2.12 bits per heavy atom. The first-order chi connectivity index (χ1) is 8.16. The Bertz CT molecular complexity index is 407. The first-order valence-electron chi connectivity index (χ1n) is 6.10. The number of methoxy groups -OCH3 is 1. The quantitative estimate of drug-likeness (QED) is 0.835. The highest BCUT2D eigenvalue weighted by atomic mass is 32.2. The van der Waals surface area contributed by atoms with Crippen LogP contribution >= 0.6 is 11.8 Å². The Hall–Kier alpha value is -0.670. The summed E-state index contributed by atoms with van der Waals surface area (Å²) in [5.41, 5.74) is 8.80. The normalized spacial score (nSPS) is 17.6. The lowest BCUT2D eigenvalue weighted by Crippen LogP contribution is -2.42. The fourth-order valence-corrected chi connectivity index (χ4v) is 3.44. The summed E-state index contributed by atoms with van der Waals surface area (Å²) in [5, 5.41) is 0. The van der Waals surface area contributed by atoms with E-state index in [9.17, 15) is 0 Å². The minimum absolute atomic E-state index is 0.208. The molecule has 0 heterocycles. The van der Waals surface area contributed by atoms with E-state index in [0.29, 0.717) is 0 Å². The molecule has 94 valence electrons. The van der Waals surface area contributed by atoms with Crippen molar-refractivity contribution in [1.29, 1.82) is 0 Å². The molecule has 1 fully saturated rings. The van der Waals surface area contributed by atoms with Gasteiger partial charge in [-0.25, -0.2) is 0 Å². The standard InChI is InChI=1S/C14H21NOS/c1-10-7-13(17-3)11(8-12(10)16-2)14(9-15)5-4-6-14/h7-8H,4-6,9,15H2,1-3H3. The zero-order chi connectivity index (χ0) is 12.5. The molecule has 0 radical (unpaired) electrons. The van der Waals surface area contributed by atoms with Gasteiger partial charge in [0.1, 0.15) is 5.75 Å². The van der Waals surface area contributed by atoms with Gasteiger partial charge in [-0.3, -0.25) is 0 Å². The molecular weight excluding hydrogens is 230 g/mol. The van der Waals surface area contributed by atoms with E-state index in [0.717, 1.165) is 12.3 Å². The van der Waals surface area contributed by atoms with E-state index in [1.54, 1.807) is 7.11 Å². The summed E-state index contributed by atoms with van der Waals surface area (Å²) in [6.45, 7) is 2.84. The Morgan fingerprint density at radius 3 is 2.53 bits per heavy atom. The Kier molecular flexibility index (Phi) is 3.69. The SMILES string of the molecule is COc1cc(C2(CN)CCC2)c(SC)cc1C. The van der Waals surface area contributed by atoms with E-state index < -0.39 is 0 Å². The molecular formula is C14H21NOS. The minimum atomic E-state index is 0.208. The van der Waals surface area contributed by atoms with Crippen molar-refractivity contribution in [3.63, 3.8) is 0 Å². The van der Waals surface area contributed by atoms with Gasteiger partial charge in [-0.2, -0.15) is 0 Å². The van der Waals surface area contributed by atoms with Crippen LogP contribution in [0.15, 0.2) is 17.0 Å². The molecule has 0 aromatic heterocycles. The average molecular weight is 251 g/mol. The van der Waals surface area contributed by atoms with E-state index in [1.807, 2.05) is 11.8 Å². The predicted octanol–water partition coefficient (Wildman–Crippen LogP) is 3.11. The van der Waals surface area contributed by atoms with Gasteiger partial charge in [0.2, 0.25) is 0 Å². The monoisotopic (exact) mass is 251 g/mol. The Balaban J connectivity index is 2.50. The first-order valence-corrected chi connectivity index (χ1v) is 7.32. The number of hydrogen-bond donors (Lipinski definition) is 1. The maximum Gasteiger partial charge on any atom is 0.122 e. The van der Waals surface area contributed by atoms with Crippen molar-refractivity contribution in [1.82, 2.24) is 0 Å². The lowest BCUT2D eigenvalue weighted by atomic mass is 9.64. The second-order valence-corrected chi connectivity index (χ2v) is 5.71. The Morgan fingerprint density at radius 1 is 1.41 bits per heavy atom. The second-order valence-electron chi connectivity index (χ2n) is 4.86. The smallest absolute Gasteiger partial charge is 0.122 e. The van der Waals surface area contributed by atoms with Crippen LogP contribution in [0.1, 0.15) is 30.4 Å². The summed E-state index contributed by atoms with van der Waals surface area (Å²) in [6.07, 6.45) is 5.85. The van der Waals surface area contributed by atoms with Crippen molar-refractivity contribution in [2.45, 2.75) is 36.5 Å². The third-order valence-electron chi connectivity index (χ3n) is 3.99. The highest BCUT2D eigenvalue weighted by Gasteiger charge is 2.39. The molecule has 1 aliphatic carbocycles. The number of aryl methyl sites for hydroxylation is 1. The number of thioether (sulfide) groups is 1. The van der Waals surface area contributed by atoms with Gasteiger partial charge in [-0.15, -0.1) is 11.8 Å². The molecule has 0 aliphatic heterocycles. The number of ether oxygens (including phenoxy) is 1. The zero-order valence-electron chi connectivity index (χ0n) is 10.9. The fraction of sp³-hybridized carbons (Fsp3) is 0.571. The van der Waals surface area contributed by atoms with Gasteiger partial charge in [0, 0.05) is 16.9 Å². The van der Waals surface area contributed by atoms with Crippen LogP contribution in [0.3, 0.4) is 0 Å². The van der Waals surface area contributed by atoms with Crippen LogP contribution in [-0.4, -0.2) is 19.9 Å². The van der Waals surface area contributed by atoms with Crippen molar-refractivity contribution >= 4 is 11.8 Å². The molecule has 1 aromatic rings. The molecule has 3 heteroatoms. The third kappa shape index (κ3) is 2.06. The van der Waals surface area contributed by atoms with Crippen LogP contribution in [0.4, 0.5) is 0 Å². The van der Waals surface area contributed by atoms with Gasteiger partial charge in [0.05, 0.1) is 7.11 Å². The molecule has 1 saturated carbocycles. The molecule has 2 N–H and O–H groups in total. The molecule has 1 aliphatic rings. The van der Waals surface area contributed by atoms with Crippen LogP contribution < -0.4 is 10.5 Å². The van der Waals surface area contributed by atoms with E-state index in [1.165, 1.54) is 35.3 Å². The fourth-order valence-electron chi connectivity index (χ4n) is 2.65.